The van der Waals surface area contributed by atoms with Gasteiger partial charge in [-0.3, -0.25) is 0 Å². The quantitative estimate of drug-likeness (QED) is 0.647. The van der Waals surface area contributed by atoms with Crippen molar-refractivity contribution in [2.45, 2.75) is 11.1 Å². The Labute approximate surface area is 169 Å². The number of nitrogens with zero attached hydrogens (tertiary/aromatic N) is 3. The van der Waals surface area contributed by atoms with Gasteiger partial charge in [-0.05, 0) is 42.0 Å². The van der Waals surface area contributed by atoms with Crippen molar-refractivity contribution in [1.82, 2.24) is 9.29 Å². The van der Waals surface area contributed by atoms with E-state index in [1.54, 1.807) is 36.4 Å². The largest absolute Gasteiger partial charge is 0.508 e. The van der Waals surface area contributed by atoms with E-state index >= 15 is 0 Å². The Kier molecular flexibility index (Phi) is 5.94. The topological polar surface area (TPSA) is 115 Å². The van der Waals surface area contributed by atoms with Gasteiger partial charge in [-0.15, -0.1) is 0 Å². The van der Waals surface area contributed by atoms with Crippen LogP contribution in [0.5, 0.6) is 5.75 Å². The molecule has 0 fully saturated rings. The molecule has 0 amide bonds. The third-order valence-electron chi connectivity index (χ3n) is 4.42. The standard InChI is InChI=1S/C21H19N3O4S/c1-24(14-20(26)17-9-11-18(25)12-10-17)29(27,28)21-4-2-3-19(23-21)16-7-5-15(13-22)6-8-16/h2-12,20,25-26H,14H2,1H3. The van der Waals surface area contributed by atoms with E-state index in [0.29, 0.717) is 22.4 Å². The summed E-state index contributed by atoms with van der Waals surface area (Å²) in [6.07, 6.45) is -1.06. The molecule has 1 heterocycles. The minimum atomic E-state index is -3.93. The van der Waals surface area contributed by atoms with Crippen molar-refractivity contribution in [2.24, 2.45) is 0 Å². The summed E-state index contributed by atoms with van der Waals surface area (Å²) in [5, 5.41) is 28.4. The predicted octanol–water partition coefficient (Wildman–Crippen LogP) is 2.68. The first-order valence-electron chi connectivity index (χ1n) is 8.72. The Hall–Kier alpha value is -3.25. The fourth-order valence-corrected chi connectivity index (χ4v) is 3.86. The normalized spacial score (nSPS) is 12.5. The number of aromatic nitrogens is 1. The molecule has 0 saturated heterocycles. The van der Waals surface area contributed by atoms with Gasteiger partial charge in [0.2, 0.25) is 0 Å². The third-order valence-corrected chi connectivity index (χ3v) is 6.14. The summed E-state index contributed by atoms with van der Waals surface area (Å²) in [5.74, 6) is 0.0609. The number of sulfonamides is 1. The van der Waals surface area contributed by atoms with Crippen molar-refractivity contribution in [3.05, 3.63) is 77.9 Å². The highest BCUT2D eigenvalue weighted by Gasteiger charge is 2.25. The predicted molar refractivity (Wildman–Crippen MR) is 107 cm³/mol. The molecule has 1 unspecified atom stereocenters. The van der Waals surface area contributed by atoms with Gasteiger partial charge < -0.3 is 10.2 Å². The number of pyridine rings is 1. The molecule has 0 saturated carbocycles. The molecule has 0 aliphatic heterocycles. The molecule has 1 aromatic heterocycles. The van der Waals surface area contributed by atoms with E-state index in [-0.39, 0.29) is 17.3 Å². The van der Waals surface area contributed by atoms with E-state index < -0.39 is 16.1 Å². The maximum Gasteiger partial charge on any atom is 0.260 e. The van der Waals surface area contributed by atoms with E-state index in [9.17, 15) is 18.6 Å². The van der Waals surface area contributed by atoms with Crippen molar-refractivity contribution in [3.8, 4) is 23.1 Å². The number of benzene rings is 2. The zero-order valence-electron chi connectivity index (χ0n) is 15.6. The van der Waals surface area contributed by atoms with Crippen LogP contribution in [-0.2, 0) is 10.0 Å². The zero-order chi connectivity index (χ0) is 21.0. The summed E-state index contributed by atoms with van der Waals surface area (Å²) in [7, 11) is -2.56. The summed E-state index contributed by atoms with van der Waals surface area (Å²) in [4.78, 5) is 4.26. The van der Waals surface area contributed by atoms with Gasteiger partial charge in [0.25, 0.3) is 10.0 Å². The molecular formula is C21H19N3O4S. The van der Waals surface area contributed by atoms with Crippen molar-refractivity contribution in [1.29, 1.82) is 5.26 Å². The molecule has 0 aliphatic carbocycles. The summed E-state index contributed by atoms with van der Waals surface area (Å²) < 4.78 is 26.8. The highest BCUT2D eigenvalue weighted by molar-refractivity contribution is 7.89. The van der Waals surface area contributed by atoms with Crippen LogP contribution in [0.3, 0.4) is 0 Å². The van der Waals surface area contributed by atoms with Crippen LogP contribution in [0.1, 0.15) is 17.2 Å². The lowest BCUT2D eigenvalue weighted by molar-refractivity contribution is 0.155. The molecule has 0 radical (unpaired) electrons. The second kappa shape index (κ2) is 8.41. The van der Waals surface area contributed by atoms with Gasteiger partial charge in [-0.1, -0.05) is 30.3 Å². The number of hydrogen-bond acceptors (Lipinski definition) is 6. The van der Waals surface area contributed by atoms with E-state index in [0.717, 1.165) is 4.31 Å². The van der Waals surface area contributed by atoms with Crippen LogP contribution >= 0.6 is 0 Å². The zero-order valence-corrected chi connectivity index (χ0v) is 16.4. The van der Waals surface area contributed by atoms with E-state index in [4.69, 9.17) is 5.26 Å². The second-order valence-electron chi connectivity index (χ2n) is 6.44. The summed E-state index contributed by atoms with van der Waals surface area (Å²) >= 11 is 0. The van der Waals surface area contributed by atoms with Gasteiger partial charge >= 0.3 is 0 Å². The fraction of sp³-hybridized carbons (Fsp3) is 0.143. The summed E-state index contributed by atoms with van der Waals surface area (Å²) in [5.41, 5.74) is 2.14. The number of aromatic hydroxyl groups is 1. The van der Waals surface area contributed by atoms with Crippen LogP contribution in [0.15, 0.2) is 71.8 Å². The molecule has 7 nitrogen and oxygen atoms in total. The van der Waals surface area contributed by atoms with Crippen LogP contribution in [0, 0.1) is 11.3 Å². The Morgan fingerprint density at radius 3 is 2.34 bits per heavy atom. The molecule has 0 aliphatic rings. The first kappa shape index (κ1) is 20.5. The van der Waals surface area contributed by atoms with E-state index in [2.05, 4.69) is 4.98 Å². The minimum absolute atomic E-state index is 0.0609. The smallest absolute Gasteiger partial charge is 0.260 e. The molecule has 8 heteroatoms. The van der Waals surface area contributed by atoms with Gasteiger partial charge in [0.05, 0.1) is 23.4 Å². The molecule has 3 aromatic rings. The highest BCUT2D eigenvalue weighted by Crippen LogP contribution is 2.23. The Balaban J connectivity index is 1.82. The van der Waals surface area contributed by atoms with E-state index in [1.165, 1.54) is 37.4 Å². The first-order valence-corrected chi connectivity index (χ1v) is 10.2. The molecule has 3 rings (SSSR count). The number of aliphatic hydroxyl groups is 1. The second-order valence-corrected chi connectivity index (χ2v) is 8.43. The number of likely N-dealkylation sites (N-methyl/N-ethyl adjacent to an activating group) is 1. The number of rotatable bonds is 6. The van der Waals surface area contributed by atoms with Gasteiger partial charge in [0.1, 0.15) is 5.75 Å². The van der Waals surface area contributed by atoms with Crippen molar-refractivity contribution in [3.63, 3.8) is 0 Å². The van der Waals surface area contributed by atoms with Crippen molar-refractivity contribution >= 4 is 10.0 Å². The summed E-state index contributed by atoms with van der Waals surface area (Å²) in [6, 6.07) is 19.3. The Bertz CT molecular complexity index is 1140. The number of nitriles is 1. The maximum atomic E-state index is 12.9. The van der Waals surface area contributed by atoms with Gasteiger partial charge in [-0.25, -0.2) is 13.4 Å². The van der Waals surface area contributed by atoms with Crippen LogP contribution < -0.4 is 0 Å². The third kappa shape index (κ3) is 4.60. The molecule has 2 aromatic carbocycles. The molecule has 0 bridgehead atoms. The highest BCUT2D eigenvalue weighted by atomic mass is 32.2. The first-order chi connectivity index (χ1) is 13.8. The number of phenolic OH excluding ortho intramolecular Hbond substituents is 1. The van der Waals surface area contributed by atoms with Crippen LogP contribution in [0.25, 0.3) is 11.3 Å². The van der Waals surface area contributed by atoms with E-state index in [1.807, 2.05) is 6.07 Å². The number of hydrogen-bond donors (Lipinski definition) is 2. The van der Waals surface area contributed by atoms with Crippen LogP contribution in [0.2, 0.25) is 0 Å². The lowest BCUT2D eigenvalue weighted by Crippen LogP contribution is -2.31. The lowest BCUT2D eigenvalue weighted by atomic mass is 10.1. The minimum Gasteiger partial charge on any atom is -0.508 e. The number of phenols is 1. The van der Waals surface area contributed by atoms with Gasteiger partial charge in [0.15, 0.2) is 5.03 Å². The average molecular weight is 409 g/mol. The van der Waals surface area contributed by atoms with Crippen LogP contribution in [-0.4, -0.2) is 41.5 Å². The average Bonchev–Trinajstić information content (AvgIpc) is 2.74. The summed E-state index contributed by atoms with van der Waals surface area (Å²) in [6.45, 7) is -0.171. The van der Waals surface area contributed by atoms with Crippen molar-refractivity contribution < 1.29 is 18.6 Å². The van der Waals surface area contributed by atoms with Crippen molar-refractivity contribution in [2.75, 3.05) is 13.6 Å². The number of aliphatic hydroxyl groups excluding tert-OH is 1. The molecular weight excluding hydrogens is 390 g/mol. The fourth-order valence-electron chi connectivity index (χ4n) is 2.74. The molecule has 29 heavy (non-hydrogen) atoms. The van der Waals surface area contributed by atoms with Gasteiger partial charge in [0, 0.05) is 19.2 Å². The Morgan fingerprint density at radius 2 is 1.72 bits per heavy atom. The molecule has 2 N–H and O–H groups in total. The molecule has 1 atom stereocenters. The Morgan fingerprint density at radius 1 is 1.07 bits per heavy atom. The van der Waals surface area contributed by atoms with Gasteiger partial charge in [-0.2, -0.15) is 9.57 Å². The SMILES string of the molecule is CN(CC(O)c1ccc(O)cc1)S(=O)(=O)c1cccc(-c2ccc(C#N)cc2)n1. The lowest BCUT2D eigenvalue weighted by Gasteiger charge is -2.20. The maximum absolute atomic E-state index is 12.9. The molecule has 148 valence electrons. The molecule has 0 spiro atoms. The monoisotopic (exact) mass is 409 g/mol. The van der Waals surface area contributed by atoms with Crippen LogP contribution in [0.4, 0.5) is 0 Å².